The van der Waals surface area contributed by atoms with Crippen LogP contribution in [0.15, 0.2) is 18.2 Å². The zero-order valence-electron chi connectivity index (χ0n) is 12.2. The average Bonchev–Trinajstić information content (AvgIpc) is 2.39. The van der Waals surface area contributed by atoms with Crippen LogP contribution in [0.2, 0.25) is 0 Å². The Balaban J connectivity index is 2.19. The molecule has 1 aliphatic heterocycles. The molecule has 1 aromatic rings. The topological polar surface area (TPSA) is 21.3 Å². The molecule has 0 aromatic heterocycles. The Labute approximate surface area is 121 Å². The number of hydrogen-bond donors (Lipinski definition) is 1. The minimum atomic E-state index is 0.298. The zero-order valence-corrected chi connectivity index (χ0v) is 13.1. The maximum Gasteiger partial charge on any atom is 0.0860 e. The van der Waals surface area contributed by atoms with E-state index in [1.807, 2.05) is 11.8 Å². The van der Waals surface area contributed by atoms with Gasteiger partial charge in [0.2, 0.25) is 0 Å². The van der Waals surface area contributed by atoms with Crippen molar-refractivity contribution in [2.24, 2.45) is 0 Å². The molecule has 2 atom stereocenters. The number of rotatable bonds is 5. The van der Waals surface area contributed by atoms with E-state index in [4.69, 9.17) is 4.74 Å². The third-order valence-corrected chi connectivity index (χ3v) is 4.45. The number of nitrogens with one attached hydrogen (secondary N) is 1. The minimum Gasteiger partial charge on any atom is -0.375 e. The Hall–Kier alpha value is -0.510. The van der Waals surface area contributed by atoms with Gasteiger partial charge in [0.1, 0.15) is 0 Å². The van der Waals surface area contributed by atoms with E-state index in [0.29, 0.717) is 12.1 Å². The van der Waals surface area contributed by atoms with Gasteiger partial charge in [0, 0.05) is 11.5 Å². The molecular formula is C16H25NOS. The highest BCUT2D eigenvalue weighted by Crippen LogP contribution is 2.27. The summed E-state index contributed by atoms with van der Waals surface area (Å²) < 4.78 is 5.99. The van der Waals surface area contributed by atoms with Crippen LogP contribution in [0.5, 0.6) is 0 Å². The SMILES string of the molecule is CCCNC(c1cc(C)cc(C)c1)C1CSCCO1. The number of benzene rings is 1. The van der Waals surface area contributed by atoms with Crippen molar-refractivity contribution in [1.82, 2.24) is 5.32 Å². The molecule has 19 heavy (non-hydrogen) atoms. The van der Waals surface area contributed by atoms with Crippen LogP contribution in [-0.4, -0.2) is 30.8 Å². The molecule has 1 aliphatic rings. The summed E-state index contributed by atoms with van der Waals surface area (Å²) in [6.45, 7) is 8.47. The molecule has 0 radical (unpaired) electrons. The Morgan fingerprint density at radius 3 is 2.63 bits per heavy atom. The van der Waals surface area contributed by atoms with Crippen LogP contribution in [0.3, 0.4) is 0 Å². The summed E-state index contributed by atoms with van der Waals surface area (Å²) in [6, 6.07) is 7.15. The number of ether oxygens (including phenoxy) is 1. The highest BCUT2D eigenvalue weighted by molar-refractivity contribution is 7.99. The van der Waals surface area contributed by atoms with Gasteiger partial charge in [-0.05, 0) is 32.4 Å². The van der Waals surface area contributed by atoms with Crippen molar-refractivity contribution in [2.45, 2.75) is 39.3 Å². The molecule has 1 N–H and O–H groups in total. The molecule has 0 aliphatic carbocycles. The normalized spacial score (nSPS) is 21.3. The number of hydrogen-bond acceptors (Lipinski definition) is 3. The van der Waals surface area contributed by atoms with Gasteiger partial charge in [0.05, 0.1) is 18.8 Å². The molecule has 106 valence electrons. The van der Waals surface area contributed by atoms with Gasteiger partial charge in [-0.1, -0.05) is 36.2 Å². The first-order valence-corrected chi connectivity index (χ1v) is 8.37. The maximum absolute atomic E-state index is 5.99. The molecular weight excluding hydrogens is 254 g/mol. The highest BCUT2D eigenvalue weighted by atomic mass is 32.2. The van der Waals surface area contributed by atoms with Gasteiger partial charge >= 0.3 is 0 Å². The van der Waals surface area contributed by atoms with Crippen molar-refractivity contribution in [2.75, 3.05) is 24.7 Å². The first-order chi connectivity index (χ1) is 9.20. The Morgan fingerprint density at radius 1 is 1.32 bits per heavy atom. The van der Waals surface area contributed by atoms with Crippen LogP contribution >= 0.6 is 11.8 Å². The van der Waals surface area contributed by atoms with Crippen LogP contribution in [0, 0.1) is 13.8 Å². The van der Waals surface area contributed by atoms with E-state index in [-0.39, 0.29) is 0 Å². The van der Waals surface area contributed by atoms with Crippen molar-refractivity contribution < 1.29 is 4.74 Å². The summed E-state index contributed by atoms with van der Waals surface area (Å²) in [5.41, 5.74) is 4.04. The minimum absolute atomic E-state index is 0.298. The summed E-state index contributed by atoms with van der Waals surface area (Å²) in [6.07, 6.45) is 1.45. The third-order valence-electron chi connectivity index (χ3n) is 3.43. The molecule has 2 nitrogen and oxygen atoms in total. The van der Waals surface area contributed by atoms with E-state index in [1.54, 1.807) is 0 Å². The summed E-state index contributed by atoms with van der Waals surface area (Å²) in [7, 11) is 0. The molecule has 0 bridgehead atoms. The smallest absolute Gasteiger partial charge is 0.0860 e. The van der Waals surface area contributed by atoms with Gasteiger partial charge in [0.15, 0.2) is 0 Å². The van der Waals surface area contributed by atoms with Gasteiger partial charge < -0.3 is 10.1 Å². The standard InChI is InChI=1S/C16H25NOS/c1-4-5-17-16(15-11-19-7-6-18-15)14-9-12(2)8-13(3)10-14/h8-10,15-17H,4-7,11H2,1-3H3. The predicted molar refractivity (Wildman–Crippen MR) is 84.0 cm³/mol. The molecule has 1 fully saturated rings. The summed E-state index contributed by atoms with van der Waals surface area (Å²) >= 11 is 2.00. The maximum atomic E-state index is 5.99. The van der Waals surface area contributed by atoms with E-state index in [0.717, 1.165) is 31.1 Å². The molecule has 1 aromatic carbocycles. The van der Waals surface area contributed by atoms with E-state index in [9.17, 15) is 0 Å². The first kappa shape index (κ1) is 14.9. The van der Waals surface area contributed by atoms with E-state index in [2.05, 4.69) is 44.3 Å². The fourth-order valence-corrected chi connectivity index (χ4v) is 3.55. The molecule has 1 heterocycles. The Kier molecular flexibility index (Phi) is 5.74. The molecule has 2 rings (SSSR count). The van der Waals surface area contributed by atoms with Gasteiger partial charge in [0.25, 0.3) is 0 Å². The third kappa shape index (κ3) is 4.23. The van der Waals surface area contributed by atoms with Crippen molar-refractivity contribution in [3.05, 3.63) is 34.9 Å². The largest absolute Gasteiger partial charge is 0.375 e. The number of aryl methyl sites for hydroxylation is 2. The fourth-order valence-electron chi connectivity index (χ4n) is 2.65. The second-order valence-electron chi connectivity index (χ2n) is 5.34. The Morgan fingerprint density at radius 2 is 2.05 bits per heavy atom. The second kappa shape index (κ2) is 7.32. The molecule has 0 amide bonds. The van der Waals surface area contributed by atoms with E-state index >= 15 is 0 Å². The van der Waals surface area contributed by atoms with Crippen LogP contribution in [0.4, 0.5) is 0 Å². The van der Waals surface area contributed by atoms with Crippen LogP contribution < -0.4 is 5.32 Å². The van der Waals surface area contributed by atoms with Crippen molar-refractivity contribution in [3.8, 4) is 0 Å². The Bertz CT molecular complexity index is 381. The molecule has 3 heteroatoms. The van der Waals surface area contributed by atoms with Crippen molar-refractivity contribution in [3.63, 3.8) is 0 Å². The van der Waals surface area contributed by atoms with Crippen LogP contribution in [0.25, 0.3) is 0 Å². The fraction of sp³-hybridized carbons (Fsp3) is 0.625. The zero-order chi connectivity index (χ0) is 13.7. The molecule has 0 saturated carbocycles. The van der Waals surface area contributed by atoms with E-state index in [1.165, 1.54) is 16.7 Å². The van der Waals surface area contributed by atoms with Gasteiger partial charge in [-0.2, -0.15) is 11.8 Å². The van der Waals surface area contributed by atoms with Gasteiger partial charge in [-0.15, -0.1) is 0 Å². The lowest BCUT2D eigenvalue weighted by Crippen LogP contribution is -2.38. The van der Waals surface area contributed by atoms with Crippen LogP contribution in [-0.2, 0) is 4.74 Å². The monoisotopic (exact) mass is 279 g/mol. The number of thioether (sulfide) groups is 1. The predicted octanol–water partition coefficient (Wildman–Crippen LogP) is 3.48. The average molecular weight is 279 g/mol. The lowest BCUT2D eigenvalue weighted by Gasteiger charge is -2.31. The molecule has 0 spiro atoms. The molecule has 2 unspecified atom stereocenters. The van der Waals surface area contributed by atoms with Gasteiger partial charge in [-0.3, -0.25) is 0 Å². The van der Waals surface area contributed by atoms with Crippen molar-refractivity contribution >= 4 is 11.8 Å². The summed E-state index contributed by atoms with van der Waals surface area (Å²) in [5.74, 6) is 2.22. The van der Waals surface area contributed by atoms with E-state index < -0.39 is 0 Å². The second-order valence-corrected chi connectivity index (χ2v) is 6.49. The first-order valence-electron chi connectivity index (χ1n) is 7.21. The quantitative estimate of drug-likeness (QED) is 0.891. The van der Waals surface area contributed by atoms with Crippen LogP contribution in [0.1, 0.15) is 36.1 Å². The lowest BCUT2D eigenvalue weighted by molar-refractivity contribution is 0.0468. The summed E-state index contributed by atoms with van der Waals surface area (Å²) in [5, 5.41) is 3.67. The highest BCUT2D eigenvalue weighted by Gasteiger charge is 2.26. The van der Waals surface area contributed by atoms with Crippen molar-refractivity contribution in [1.29, 1.82) is 0 Å². The molecule has 1 saturated heterocycles. The lowest BCUT2D eigenvalue weighted by atomic mass is 9.97. The van der Waals surface area contributed by atoms with Gasteiger partial charge in [-0.25, -0.2) is 0 Å². The summed E-state index contributed by atoms with van der Waals surface area (Å²) in [4.78, 5) is 0.